The van der Waals surface area contributed by atoms with Crippen molar-refractivity contribution in [2.75, 3.05) is 27.4 Å². The highest BCUT2D eigenvalue weighted by Gasteiger charge is 2.05. The number of methoxy groups -OCH3 is 1. The zero-order valence-corrected chi connectivity index (χ0v) is 9.62. The van der Waals surface area contributed by atoms with E-state index in [1.807, 2.05) is 31.3 Å². The molecule has 0 fully saturated rings. The molecule has 84 valence electrons. The van der Waals surface area contributed by atoms with Gasteiger partial charge in [-0.25, -0.2) is 0 Å². The summed E-state index contributed by atoms with van der Waals surface area (Å²) in [6.07, 6.45) is 0. The third-order valence-corrected chi connectivity index (χ3v) is 2.25. The van der Waals surface area contributed by atoms with E-state index in [0.29, 0.717) is 13.2 Å². The second-order valence-corrected chi connectivity index (χ2v) is 3.56. The highest BCUT2D eigenvalue weighted by Crippen LogP contribution is 2.11. The van der Waals surface area contributed by atoms with E-state index in [2.05, 4.69) is 12.2 Å². The van der Waals surface area contributed by atoms with Crippen LogP contribution in [-0.4, -0.2) is 33.4 Å². The molecule has 0 amide bonds. The van der Waals surface area contributed by atoms with Gasteiger partial charge in [0.2, 0.25) is 0 Å². The van der Waals surface area contributed by atoms with Crippen LogP contribution in [0.4, 0.5) is 0 Å². The highest BCUT2D eigenvalue weighted by atomic mass is 16.5. The molecule has 1 N–H and O–H groups in total. The Morgan fingerprint density at radius 3 is 2.40 bits per heavy atom. The molecule has 1 aromatic carbocycles. The average Bonchev–Trinajstić information content (AvgIpc) is 2.26. The molecule has 0 aromatic heterocycles. The van der Waals surface area contributed by atoms with Crippen LogP contribution in [0.1, 0.15) is 5.56 Å². The molecule has 0 bridgehead atoms. The van der Waals surface area contributed by atoms with Crippen LogP contribution in [0.2, 0.25) is 0 Å². The van der Waals surface area contributed by atoms with E-state index in [0.717, 1.165) is 5.75 Å². The van der Waals surface area contributed by atoms with Gasteiger partial charge in [-0.1, -0.05) is 17.7 Å². The molecule has 0 saturated carbocycles. The van der Waals surface area contributed by atoms with E-state index in [4.69, 9.17) is 9.47 Å². The first-order valence-corrected chi connectivity index (χ1v) is 5.12. The van der Waals surface area contributed by atoms with E-state index in [1.54, 1.807) is 7.11 Å². The van der Waals surface area contributed by atoms with Gasteiger partial charge in [0.05, 0.1) is 12.6 Å². The number of benzene rings is 1. The van der Waals surface area contributed by atoms with Crippen molar-refractivity contribution in [3.8, 4) is 5.75 Å². The number of rotatable bonds is 6. The van der Waals surface area contributed by atoms with Crippen LogP contribution in [0.3, 0.4) is 0 Å². The van der Waals surface area contributed by atoms with Crippen molar-refractivity contribution >= 4 is 0 Å². The summed E-state index contributed by atoms with van der Waals surface area (Å²) in [7, 11) is 3.60. The molecule has 1 unspecified atom stereocenters. The topological polar surface area (TPSA) is 30.5 Å². The maximum Gasteiger partial charge on any atom is 0.119 e. The Hall–Kier alpha value is -1.06. The minimum Gasteiger partial charge on any atom is -0.492 e. The normalized spacial score (nSPS) is 12.5. The summed E-state index contributed by atoms with van der Waals surface area (Å²) < 4.78 is 10.7. The average molecular weight is 209 g/mol. The first-order chi connectivity index (χ1) is 7.26. The van der Waals surface area contributed by atoms with Crippen LogP contribution in [0.25, 0.3) is 0 Å². The minimum absolute atomic E-state index is 0.233. The highest BCUT2D eigenvalue weighted by molar-refractivity contribution is 5.26. The third-order valence-electron chi connectivity index (χ3n) is 2.25. The Bertz CT molecular complexity index is 271. The summed E-state index contributed by atoms with van der Waals surface area (Å²) in [6, 6.07) is 8.28. The van der Waals surface area contributed by atoms with E-state index < -0.39 is 0 Å². The number of ether oxygens (including phenoxy) is 2. The number of likely N-dealkylation sites (N-methyl/N-ethyl adjacent to an activating group) is 1. The van der Waals surface area contributed by atoms with Crippen molar-refractivity contribution in [1.82, 2.24) is 5.32 Å². The summed E-state index contributed by atoms with van der Waals surface area (Å²) in [5, 5.41) is 3.13. The first-order valence-electron chi connectivity index (χ1n) is 5.12. The second-order valence-electron chi connectivity index (χ2n) is 3.56. The molecule has 1 atom stereocenters. The number of aryl methyl sites for hydroxylation is 1. The van der Waals surface area contributed by atoms with Crippen LogP contribution >= 0.6 is 0 Å². The molecule has 15 heavy (non-hydrogen) atoms. The Balaban J connectivity index is 2.38. The summed E-state index contributed by atoms with van der Waals surface area (Å²) in [5.41, 5.74) is 1.24. The van der Waals surface area contributed by atoms with Gasteiger partial charge in [-0.2, -0.15) is 0 Å². The van der Waals surface area contributed by atoms with E-state index in [-0.39, 0.29) is 6.04 Å². The van der Waals surface area contributed by atoms with E-state index in [9.17, 15) is 0 Å². The molecule has 0 spiro atoms. The zero-order valence-electron chi connectivity index (χ0n) is 9.62. The van der Waals surface area contributed by atoms with Crippen LogP contribution in [0, 0.1) is 6.92 Å². The molecular weight excluding hydrogens is 190 g/mol. The summed E-state index contributed by atoms with van der Waals surface area (Å²) in [4.78, 5) is 0. The fraction of sp³-hybridized carbons (Fsp3) is 0.500. The molecule has 0 saturated heterocycles. The molecule has 0 radical (unpaired) electrons. The Morgan fingerprint density at radius 1 is 1.20 bits per heavy atom. The molecule has 0 aliphatic rings. The van der Waals surface area contributed by atoms with Gasteiger partial charge in [0.15, 0.2) is 0 Å². The maximum atomic E-state index is 5.62. The molecule has 0 heterocycles. The van der Waals surface area contributed by atoms with Crippen molar-refractivity contribution in [2.45, 2.75) is 13.0 Å². The molecule has 1 rings (SSSR count). The first kappa shape index (κ1) is 12.0. The Labute approximate surface area is 91.4 Å². The van der Waals surface area contributed by atoms with Crippen molar-refractivity contribution in [3.63, 3.8) is 0 Å². The minimum atomic E-state index is 0.233. The molecule has 0 aliphatic heterocycles. The maximum absolute atomic E-state index is 5.62. The van der Waals surface area contributed by atoms with Crippen LogP contribution in [0.5, 0.6) is 5.75 Å². The number of hydrogen-bond acceptors (Lipinski definition) is 3. The lowest BCUT2D eigenvalue weighted by molar-refractivity contribution is 0.140. The van der Waals surface area contributed by atoms with Gasteiger partial charge < -0.3 is 14.8 Å². The molecule has 3 nitrogen and oxygen atoms in total. The van der Waals surface area contributed by atoms with Gasteiger partial charge in [-0.15, -0.1) is 0 Å². The van der Waals surface area contributed by atoms with E-state index in [1.165, 1.54) is 5.56 Å². The number of hydrogen-bond donors (Lipinski definition) is 1. The fourth-order valence-corrected chi connectivity index (χ4v) is 1.25. The molecule has 1 aromatic rings. The van der Waals surface area contributed by atoms with Gasteiger partial charge in [0, 0.05) is 7.11 Å². The fourth-order valence-electron chi connectivity index (χ4n) is 1.25. The SMILES string of the molecule is CNC(COC)COc1ccc(C)cc1. The number of nitrogens with one attached hydrogen (secondary N) is 1. The standard InChI is InChI=1S/C12H19NO2/c1-10-4-6-12(7-5-10)15-9-11(13-2)8-14-3/h4-7,11,13H,8-9H2,1-3H3. The largest absolute Gasteiger partial charge is 0.492 e. The summed E-state index contributed by atoms with van der Waals surface area (Å²) >= 11 is 0. The van der Waals surface area contributed by atoms with Gasteiger partial charge in [0.25, 0.3) is 0 Å². The predicted octanol–water partition coefficient (Wildman–Crippen LogP) is 1.61. The van der Waals surface area contributed by atoms with Gasteiger partial charge >= 0.3 is 0 Å². The van der Waals surface area contributed by atoms with Crippen LogP contribution in [0.15, 0.2) is 24.3 Å². The summed E-state index contributed by atoms with van der Waals surface area (Å²) in [6.45, 7) is 3.33. The van der Waals surface area contributed by atoms with Crippen molar-refractivity contribution in [1.29, 1.82) is 0 Å². The Morgan fingerprint density at radius 2 is 1.87 bits per heavy atom. The lowest BCUT2D eigenvalue weighted by Gasteiger charge is -2.15. The van der Waals surface area contributed by atoms with Crippen LogP contribution < -0.4 is 10.1 Å². The van der Waals surface area contributed by atoms with Gasteiger partial charge in [-0.05, 0) is 26.1 Å². The molecule has 3 heteroatoms. The van der Waals surface area contributed by atoms with E-state index >= 15 is 0 Å². The predicted molar refractivity (Wildman–Crippen MR) is 61.4 cm³/mol. The summed E-state index contributed by atoms with van der Waals surface area (Å²) in [5.74, 6) is 0.900. The lowest BCUT2D eigenvalue weighted by Crippen LogP contribution is -2.35. The van der Waals surface area contributed by atoms with Crippen molar-refractivity contribution in [3.05, 3.63) is 29.8 Å². The second kappa shape index (κ2) is 6.43. The quantitative estimate of drug-likeness (QED) is 0.772. The van der Waals surface area contributed by atoms with Crippen LogP contribution in [-0.2, 0) is 4.74 Å². The molecule has 0 aliphatic carbocycles. The van der Waals surface area contributed by atoms with Crippen molar-refractivity contribution < 1.29 is 9.47 Å². The Kier molecular flexibility index (Phi) is 5.15. The third kappa shape index (κ3) is 4.32. The molecular formula is C12H19NO2. The van der Waals surface area contributed by atoms with Crippen molar-refractivity contribution in [2.24, 2.45) is 0 Å². The smallest absolute Gasteiger partial charge is 0.119 e. The van der Waals surface area contributed by atoms with Gasteiger partial charge in [-0.3, -0.25) is 0 Å². The lowest BCUT2D eigenvalue weighted by atomic mass is 10.2. The van der Waals surface area contributed by atoms with Gasteiger partial charge in [0.1, 0.15) is 12.4 Å². The monoisotopic (exact) mass is 209 g/mol. The zero-order chi connectivity index (χ0) is 11.1.